The molecule has 0 aliphatic heterocycles. The molecule has 118 valence electrons. The SMILES string of the molecule is CC(NC1CCCCCCC1)c1ccc(OC(F)F)cc1. The second-order valence-corrected chi connectivity index (χ2v) is 5.88. The Kier molecular flexibility index (Phi) is 6.43. The van der Waals surface area contributed by atoms with Gasteiger partial charge in [0, 0.05) is 12.1 Å². The summed E-state index contributed by atoms with van der Waals surface area (Å²) in [5, 5.41) is 3.67. The molecule has 2 nitrogen and oxygen atoms in total. The van der Waals surface area contributed by atoms with E-state index in [0.717, 1.165) is 5.56 Å². The van der Waals surface area contributed by atoms with Gasteiger partial charge in [-0.25, -0.2) is 0 Å². The first-order valence-corrected chi connectivity index (χ1v) is 7.96. The molecule has 0 aromatic heterocycles. The lowest BCUT2D eigenvalue weighted by Crippen LogP contribution is -2.32. The summed E-state index contributed by atoms with van der Waals surface area (Å²) in [4.78, 5) is 0. The van der Waals surface area contributed by atoms with Gasteiger partial charge in [0.2, 0.25) is 0 Å². The molecule has 4 heteroatoms. The molecule has 2 rings (SSSR count). The first-order valence-electron chi connectivity index (χ1n) is 7.96. The molecule has 0 radical (unpaired) electrons. The Hall–Kier alpha value is -1.16. The van der Waals surface area contributed by atoms with Crippen LogP contribution < -0.4 is 10.1 Å². The van der Waals surface area contributed by atoms with Crippen molar-refractivity contribution in [1.29, 1.82) is 0 Å². The highest BCUT2D eigenvalue weighted by Gasteiger charge is 2.15. The molecule has 1 N–H and O–H groups in total. The molecule has 0 saturated heterocycles. The van der Waals surface area contributed by atoms with Crippen molar-refractivity contribution in [2.75, 3.05) is 0 Å². The van der Waals surface area contributed by atoms with E-state index in [1.165, 1.54) is 44.9 Å². The number of benzene rings is 1. The van der Waals surface area contributed by atoms with E-state index in [2.05, 4.69) is 17.0 Å². The number of halogens is 2. The molecule has 1 fully saturated rings. The fraction of sp³-hybridized carbons (Fsp3) is 0.647. The van der Waals surface area contributed by atoms with Gasteiger partial charge in [-0.2, -0.15) is 8.78 Å². The highest BCUT2D eigenvalue weighted by atomic mass is 19.3. The van der Waals surface area contributed by atoms with Gasteiger partial charge in [0.05, 0.1) is 0 Å². The number of rotatable bonds is 5. The Labute approximate surface area is 125 Å². The molecule has 1 saturated carbocycles. The first kappa shape index (κ1) is 16.2. The number of nitrogens with one attached hydrogen (secondary N) is 1. The average molecular weight is 297 g/mol. The maximum absolute atomic E-state index is 12.1. The van der Waals surface area contributed by atoms with Gasteiger partial charge in [-0.1, -0.05) is 44.2 Å². The summed E-state index contributed by atoms with van der Waals surface area (Å²) in [6.45, 7) is -0.636. The molecule has 0 heterocycles. The van der Waals surface area contributed by atoms with E-state index in [0.29, 0.717) is 6.04 Å². The lowest BCUT2D eigenvalue weighted by molar-refractivity contribution is -0.0498. The summed E-state index contributed by atoms with van der Waals surface area (Å²) in [7, 11) is 0. The molecule has 1 aliphatic rings. The van der Waals surface area contributed by atoms with Crippen LogP contribution in [0, 0.1) is 0 Å². The van der Waals surface area contributed by atoms with Gasteiger partial charge in [0.1, 0.15) is 5.75 Å². The van der Waals surface area contributed by atoms with Crippen LogP contribution in [0.25, 0.3) is 0 Å². The molecule has 0 bridgehead atoms. The molecule has 0 amide bonds. The van der Waals surface area contributed by atoms with E-state index < -0.39 is 6.61 Å². The molecular formula is C17H25F2NO. The van der Waals surface area contributed by atoms with Crippen molar-refractivity contribution >= 4 is 0 Å². The largest absolute Gasteiger partial charge is 0.435 e. The zero-order valence-corrected chi connectivity index (χ0v) is 12.7. The van der Waals surface area contributed by atoms with Gasteiger partial charge in [-0.05, 0) is 37.5 Å². The Balaban J connectivity index is 1.87. The zero-order chi connectivity index (χ0) is 15.1. The van der Waals surface area contributed by atoms with Crippen LogP contribution in [-0.2, 0) is 0 Å². The van der Waals surface area contributed by atoms with E-state index in [9.17, 15) is 8.78 Å². The molecular weight excluding hydrogens is 272 g/mol. The van der Waals surface area contributed by atoms with E-state index in [-0.39, 0.29) is 11.8 Å². The highest BCUT2D eigenvalue weighted by Crippen LogP contribution is 2.22. The fourth-order valence-corrected chi connectivity index (χ4v) is 3.01. The van der Waals surface area contributed by atoms with Crippen molar-refractivity contribution < 1.29 is 13.5 Å². The lowest BCUT2D eigenvalue weighted by Gasteiger charge is -2.25. The standard InChI is InChI=1S/C17H25F2NO/c1-13(20-15-7-5-3-2-4-6-8-15)14-9-11-16(12-10-14)21-17(18)19/h9-13,15,17,20H,2-8H2,1H3. The van der Waals surface area contributed by atoms with E-state index >= 15 is 0 Å². The van der Waals surface area contributed by atoms with Crippen LogP contribution in [0.4, 0.5) is 8.78 Å². The number of hydrogen-bond acceptors (Lipinski definition) is 2. The Bertz CT molecular complexity index is 400. The van der Waals surface area contributed by atoms with Crippen LogP contribution in [0.5, 0.6) is 5.75 Å². The fourth-order valence-electron chi connectivity index (χ4n) is 3.01. The van der Waals surface area contributed by atoms with Crippen molar-refractivity contribution in [1.82, 2.24) is 5.32 Å². The maximum atomic E-state index is 12.1. The third-order valence-electron chi connectivity index (χ3n) is 4.20. The van der Waals surface area contributed by atoms with Gasteiger partial charge < -0.3 is 10.1 Å². The first-order chi connectivity index (χ1) is 10.1. The van der Waals surface area contributed by atoms with Crippen LogP contribution in [-0.4, -0.2) is 12.7 Å². The summed E-state index contributed by atoms with van der Waals surface area (Å²) in [6, 6.07) is 7.74. The van der Waals surface area contributed by atoms with Crippen molar-refractivity contribution in [3.05, 3.63) is 29.8 Å². The van der Waals surface area contributed by atoms with E-state index in [1.54, 1.807) is 12.1 Å². The maximum Gasteiger partial charge on any atom is 0.387 e. The summed E-state index contributed by atoms with van der Waals surface area (Å²) in [5.41, 5.74) is 1.11. The molecule has 1 aromatic carbocycles. The number of hydrogen-bond donors (Lipinski definition) is 1. The number of alkyl halides is 2. The van der Waals surface area contributed by atoms with Crippen molar-refractivity contribution in [3.63, 3.8) is 0 Å². The molecule has 1 atom stereocenters. The normalized spacial score (nSPS) is 19.0. The average Bonchev–Trinajstić information content (AvgIpc) is 2.41. The summed E-state index contributed by atoms with van der Waals surface area (Å²) in [6.07, 6.45) is 9.11. The van der Waals surface area contributed by atoms with Gasteiger partial charge >= 0.3 is 6.61 Å². The van der Waals surface area contributed by atoms with Crippen LogP contribution in [0.15, 0.2) is 24.3 Å². The topological polar surface area (TPSA) is 21.3 Å². The predicted molar refractivity (Wildman–Crippen MR) is 80.7 cm³/mol. The Morgan fingerprint density at radius 3 is 2.14 bits per heavy atom. The lowest BCUT2D eigenvalue weighted by atomic mass is 9.95. The van der Waals surface area contributed by atoms with E-state index in [4.69, 9.17) is 0 Å². The van der Waals surface area contributed by atoms with Crippen LogP contribution in [0.1, 0.15) is 63.5 Å². The van der Waals surface area contributed by atoms with Crippen molar-refractivity contribution in [2.24, 2.45) is 0 Å². The smallest absolute Gasteiger partial charge is 0.387 e. The molecule has 0 spiro atoms. The van der Waals surface area contributed by atoms with Gasteiger partial charge in [-0.3, -0.25) is 0 Å². The quantitative estimate of drug-likeness (QED) is 0.821. The number of ether oxygens (including phenoxy) is 1. The molecule has 1 aliphatic carbocycles. The van der Waals surface area contributed by atoms with Gasteiger partial charge in [0.15, 0.2) is 0 Å². The van der Waals surface area contributed by atoms with Crippen molar-refractivity contribution in [3.8, 4) is 5.75 Å². The van der Waals surface area contributed by atoms with Gasteiger partial charge in [-0.15, -0.1) is 0 Å². The molecule has 21 heavy (non-hydrogen) atoms. The second-order valence-electron chi connectivity index (χ2n) is 5.88. The molecule has 1 unspecified atom stereocenters. The predicted octanol–water partition coefficient (Wildman–Crippen LogP) is 5.05. The third kappa shape index (κ3) is 5.62. The van der Waals surface area contributed by atoms with E-state index in [1.807, 2.05) is 12.1 Å². The monoisotopic (exact) mass is 297 g/mol. The minimum absolute atomic E-state index is 0.215. The summed E-state index contributed by atoms with van der Waals surface area (Å²) in [5.74, 6) is 0.215. The van der Waals surface area contributed by atoms with Gasteiger partial charge in [0.25, 0.3) is 0 Å². The minimum atomic E-state index is -2.76. The zero-order valence-electron chi connectivity index (χ0n) is 12.7. The summed E-state index contributed by atoms with van der Waals surface area (Å²) >= 11 is 0. The highest BCUT2D eigenvalue weighted by molar-refractivity contribution is 5.29. The third-order valence-corrected chi connectivity index (χ3v) is 4.20. The van der Waals surface area contributed by atoms with Crippen LogP contribution >= 0.6 is 0 Å². The molecule has 1 aromatic rings. The van der Waals surface area contributed by atoms with Crippen LogP contribution in [0.2, 0.25) is 0 Å². The van der Waals surface area contributed by atoms with Crippen molar-refractivity contribution in [2.45, 2.75) is 70.6 Å². The second kappa shape index (κ2) is 8.32. The minimum Gasteiger partial charge on any atom is -0.435 e. The Morgan fingerprint density at radius 2 is 1.57 bits per heavy atom. The van der Waals surface area contributed by atoms with Crippen LogP contribution in [0.3, 0.4) is 0 Å². The Morgan fingerprint density at radius 1 is 1.00 bits per heavy atom. The summed E-state index contributed by atoms with van der Waals surface area (Å²) < 4.78 is 28.6.